The number of carbonyl (C=O) groups excluding carboxylic acids is 3. The molecule has 6 nitrogen and oxygen atoms in total. The summed E-state index contributed by atoms with van der Waals surface area (Å²) in [5, 5.41) is 2.41. The molecule has 172 valence electrons. The molecule has 0 aromatic heterocycles. The van der Waals surface area contributed by atoms with Crippen LogP contribution in [0.2, 0.25) is 5.02 Å². The van der Waals surface area contributed by atoms with Gasteiger partial charge in [0, 0.05) is 15.6 Å². The fourth-order valence-electron chi connectivity index (χ4n) is 3.40. The number of amides is 4. The highest BCUT2D eigenvalue weighted by Crippen LogP contribution is 2.30. The largest absolute Gasteiger partial charge is 0.488 e. The number of hydrogen-bond donors (Lipinski definition) is 1. The zero-order chi connectivity index (χ0) is 24.4. The molecule has 9 heteroatoms. The zero-order valence-corrected chi connectivity index (χ0v) is 20.1. The first-order valence-electron chi connectivity index (χ1n) is 10.1. The second kappa shape index (κ2) is 9.79. The van der Waals surface area contributed by atoms with Gasteiger partial charge in [-0.05, 0) is 61.0 Å². The average molecular weight is 544 g/mol. The van der Waals surface area contributed by atoms with Crippen LogP contribution in [0.1, 0.15) is 16.7 Å². The molecule has 3 aromatic rings. The molecule has 0 saturated carbocycles. The van der Waals surface area contributed by atoms with Gasteiger partial charge in [0.2, 0.25) is 0 Å². The summed E-state index contributed by atoms with van der Waals surface area (Å²) in [5.74, 6) is -1.84. The molecule has 0 atom stereocenters. The van der Waals surface area contributed by atoms with Crippen LogP contribution >= 0.6 is 27.5 Å². The smallest absolute Gasteiger partial charge is 0.335 e. The molecule has 1 heterocycles. The van der Waals surface area contributed by atoms with Gasteiger partial charge in [-0.15, -0.1) is 0 Å². The van der Waals surface area contributed by atoms with Crippen LogP contribution in [0.4, 0.5) is 14.9 Å². The van der Waals surface area contributed by atoms with Gasteiger partial charge in [-0.25, -0.2) is 14.1 Å². The predicted octanol–water partition coefficient (Wildman–Crippen LogP) is 5.80. The molecule has 1 fully saturated rings. The van der Waals surface area contributed by atoms with Crippen molar-refractivity contribution in [2.75, 3.05) is 4.90 Å². The minimum absolute atomic E-state index is 0.169. The fraction of sp³-hybridized carbons (Fsp3) is 0.0800. The number of imide groups is 2. The Labute approximate surface area is 208 Å². The van der Waals surface area contributed by atoms with Crippen molar-refractivity contribution in [3.8, 4) is 5.75 Å². The summed E-state index contributed by atoms with van der Waals surface area (Å²) >= 11 is 9.44. The van der Waals surface area contributed by atoms with E-state index in [9.17, 15) is 18.8 Å². The van der Waals surface area contributed by atoms with E-state index in [-0.39, 0.29) is 28.5 Å². The lowest BCUT2D eigenvalue weighted by Gasteiger charge is -2.26. The van der Waals surface area contributed by atoms with Gasteiger partial charge in [0.25, 0.3) is 11.8 Å². The van der Waals surface area contributed by atoms with E-state index in [4.69, 9.17) is 16.3 Å². The summed E-state index contributed by atoms with van der Waals surface area (Å²) in [7, 11) is 0. The molecule has 0 bridgehead atoms. The molecule has 3 aromatic carbocycles. The van der Waals surface area contributed by atoms with Crippen LogP contribution in [-0.2, 0) is 16.2 Å². The number of urea groups is 1. The number of barbiturate groups is 1. The highest BCUT2D eigenvalue weighted by Gasteiger charge is 2.37. The number of carbonyl (C=O) groups is 3. The Bertz CT molecular complexity index is 1340. The first kappa shape index (κ1) is 23.7. The zero-order valence-electron chi connectivity index (χ0n) is 17.8. The molecule has 0 unspecified atom stereocenters. The van der Waals surface area contributed by atoms with Gasteiger partial charge in [-0.2, -0.15) is 0 Å². The van der Waals surface area contributed by atoms with Crippen molar-refractivity contribution in [1.29, 1.82) is 0 Å². The van der Waals surface area contributed by atoms with Crippen LogP contribution in [0.5, 0.6) is 5.75 Å². The molecule has 0 radical (unpaired) electrons. The molecular formula is C25H17BrClFN2O4. The van der Waals surface area contributed by atoms with Crippen LogP contribution in [0.15, 0.2) is 70.7 Å². The summed E-state index contributed by atoms with van der Waals surface area (Å²) < 4.78 is 20.6. The predicted molar refractivity (Wildman–Crippen MR) is 130 cm³/mol. The van der Waals surface area contributed by atoms with Crippen molar-refractivity contribution >= 4 is 57.1 Å². The van der Waals surface area contributed by atoms with Gasteiger partial charge < -0.3 is 4.74 Å². The molecule has 1 aliphatic rings. The highest BCUT2D eigenvalue weighted by molar-refractivity contribution is 9.10. The van der Waals surface area contributed by atoms with Gasteiger partial charge in [-0.3, -0.25) is 14.9 Å². The summed E-state index contributed by atoms with van der Waals surface area (Å²) in [5.41, 5.74) is 1.47. The van der Waals surface area contributed by atoms with Gasteiger partial charge in [0.15, 0.2) is 0 Å². The van der Waals surface area contributed by atoms with E-state index in [1.807, 2.05) is 13.0 Å². The standard InChI is InChI=1S/C25H17BrClFN2O4/c1-14-4-2-5-17(10-14)30-24(32)18(23(31)29-25(30)33)12-15-11-16(26)8-9-22(15)34-13-19-20(27)6-3-7-21(19)28/h2-12H,13H2,1H3,(H,29,31,33)/b18-12+. The second-order valence-electron chi connectivity index (χ2n) is 7.47. The summed E-state index contributed by atoms with van der Waals surface area (Å²) in [6.07, 6.45) is 1.33. The van der Waals surface area contributed by atoms with Crippen molar-refractivity contribution in [2.45, 2.75) is 13.5 Å². The lowest BCUT2D eigenvalue weighted by Crippen LogP contribution is -2.54. The van der Waals surface area contributed by atoms with E-state index in [2.05, 4.69) is 21.2 Å². The molecular weight excluding hydrogens is 527 g/mol. The summed E-state index contributed by atoms with van der Waals surface area (Å²) in [6.45, 7) is 1.65. The van der Waals surface area contributed by atoms with Gasteiger partial charge in [0.05, 0.1) is 10.7 Å². The average Bonchev–Trinajstić information content (AvgIpc) is 2.77. The Kier molecular flexibility index (Phi) is 6.81. The first-order valence-corrected chi connectivity index (χ1v) is 11.2. The number of nitrogens with one attached hydrogen (secondary N) is 1. The molecule has 1 aliphatic heterocycles. The van der Waals surface area contributed by atoms with Gasteiger partial charge in [-0.1, -0.05) is 45.7 Å². The molecule has 34 heavy (non-hydrogen) atoms. The Morgan fingerprint density at radius 2 is 1.85 bits per heavy atom. The van der Waals surface area contributed by atoms with Crippen molar-refractivity contribution in [3.05, 3.63) is 98.2 Å². The number of rotatable bonds is 5. The number of benzene rings is 3. The van der Waals surface area contributed by atoms with E-state index in [0.717, 1.165) is 10.5 Å². The highest BCUT2D eigenvalue weighted by atomic mass is 79.9. The van der Waals surface area contributed by atoms with Crippen LogP contribution in [0.25, 0.3) is 6.08 Å². The third-order valence-corrected chi connectivity index (χ3v) is 5.91. The van der Waals surface area contributed by atoms with Crippen LogP contribution in [-0.4, -0.2) is 17.8 Å². The van der Waals surface area contributed by atoms with Gasteiger partial charge >= 0.3 is 6.03 Å². The third kappa shape index (κ3) is 4.88. The van der Waals surface area contributed by atoms with Crippen molar-refractivity contribution in [2.24, 2.45) is 0 Å². The minimum Gasteiger partial charge on any atom is -0.488 e. The molecule has 4 amide bonds. The Hall–Kier alpha value is -3.49. The molecule has 0 spiro atoms. The number of anilines is 1. The molecule has 4 rings (SSSR count). The van der Waals surface area contributed by atoms with E-state index in [1.54, 1.807) is 42.5 Å². The minimum atomic E-state index is -0.835. The lowest BCUT2D eigenvalue weighted by atomic mass is 10.1. The SMILES string of the molecule is Cc1cccc(N2C(=O)NC(=O)/C(=C\c3cc(Br)ccc3OCc3c(F)cccc3Cl)C2=O)c1. The Balaban J connectivity index is 1.70. The second-order valence-corrected chi connectivity index (χ2v) is 8.79. The van der Waals surface area contributed by atoms with E-state index < -0.39 is 23.7 Å². The van der Waals surface area contributed by atoms with Crippen molar-refractivity contribution < 1.29 is 23.5 Å². The number of halogens is 3. The number of ether oxygens (including phenoxy) is 1. The summed E-state index contributed by atoms with van der Waals surface area (Å²) in [6, 6.07) is 15.2. The van der Waals surface area contributed by atoms with Crippen LogP contribution < -0.4 is 15.0 Å². The van der Waals surface area contributed by atoms with E-state index >= 15 is 0 Å². The third-order valence-electron chi connectivity index (χ3n) is 5.07. The number of nitrogens with zero attached hydrogens (tertiary/aromatic N) is 1. The maximum Gasteiger partial charge on any atom is 0.335 e. The van der Waals surface area contributed by atoms with E-state index in [1.165, 1.54) is 18.2 Å². The van der Waals surface area contributed by atoms with Crippen LogP contribution in [0, 0.1) is 12.7 Å². The van der Waals surface area contributed by atoms with Gasteiger partial charge in [0.1, 0.15) is 23.7 Å². The lowest BCUT2D eigenvalue weighted by molar-refractivity contribution is -0.122. The number of aryl methyl sites for hydroxylation is 1. The maximum absolute atomic E-state index is 14.1. The monoisotopic (exact) mass is 542 g/mol. The van der Waals surface area contributed by atoms with E-state index in [0.29, 0.717) is 15.7 Å². The normalized spacial score (nSPS) is 15.0. The number of hydrogen-bond acceptors (Lipinski definition) is 4. The topological polar surface area (TPSA) is 75.7 Å². The molecule has 1 N–H and O–H groups in total. The first-order chi connectivity index (χ1) is 16.2. The van der Waals surface area contributed by atoms with Crippen LogP contribution in [0.3, 0.4) is 0 Å². The van der Waals surface area contributed by atoms with Crippen molar-refractivity contribution in [3.63, 3.8) is 0 Å². The fourth-order valence-corrected chi connectivity index (χ4v) is 3.99. The molecule has 0 aliphatic carbocycles. The Morgan fingerprint density at radius 1 is 1.09 bits per heavy atom. The Morgan fingerprint density at radius 3 is 2.59 bits per heavy atom. The van der Waals surface area contributed by atoms with Crippen molar-refractivity contribution in [1.82, 2.24) is 5.32 Å². The quantitative estimate of drug-likeness (QED) is 0.326. The molecule has 1 saturated heterocycles. The summed E-state index contributed by atoms with van der Waals surface area (Å²) in [4.78, 5) is 39.1. The maximum atomic E-state index is 14.1.